The van der Waals surface area contributed by atoms with Crippen molar-refractivity contribution in [2.75, 3.05) is 26.7 Å². The third kappa shape index (κ3) is 6.89. The lowest BCUT2D eigenvalue weighted by Gasteiger charge is -2.06. The summed E-state index contributed by atoms with van der Waals surface area (Å²) in [6, 6.07) is 9.06. The van der Waals surface area contributed by atoms with E-state index in [0.29, 0.717) is 31.5 Å². The quantitative estimate of drug-likeness (QED) is 0.588. The number of nitrogens with one attached hydrogen (secondary N) is 3. The van der Waals surface area contributed by atoms with Crippen LogP contribution in [-0.2, 0) is 4.79 Å². The second-order valence-corrected chi connectivity index (χ2v) is 4.53. The van der Waals surface area contributed by atoms with E-state index in [-0.39, 0.29) is 11.8 Å². The van der Waals surface area contributed by atoms with Crippen molar-refractivity contribution in [3.8, 4) is 0 Å². The van der Waals surface area contributed by atoms with Crippen molar-refractivity contribution in [1.29, 1.82) is 0 Å². The maximum Gasteiger partial charge on any atom is 0.251 e. The van der Waals surface area contributed by atoms with E-state index in [9.17, 15) is 9.59 Å². The van der Waals surface area contributed by atoms with Gasteiger partial charge in [0.25, 0.3) is 5.91 Å². The van der Waals surface area contributed by atoms with Crippen molar-refractivity contribution in [3.63, 3.8) is 0 Å². The molecule has 0 saturated heterocycles. The number of hydrogen-bond acceptors (Lipinski definition) is 3. The van der Waals surface area contributed by atoms with Crippen LogP contribution in [0.3, 0.4) is 0 Å². The number of carbonyl (C=O) groups excluding carboxylic acids is 2. The predicted octanol–water partition coefficient (Wildman–Crippen LogP) is 0.922. The largest absolute Gasteiger partial charge is 0.356 e. The summed E-state index contributed by atoms with van der Waals surface area (Å²) in [5, 5.41) is 8.67. The molecule has 5 nitrogen and oxygen atoms in total. The van der Waals surface area contributed by atoms with Gasteiger partial charge in [0.15, 0.2) is 0 Å². The van der Waals surface area contributed by atoms with E-state index in [4.69, 9.17) is 0 Å². The fourth-order valence-electron chi connectivity index (χ4n) is 1.72. The summed E-state index contributed by atoms with van der Waals surface area (Å²) in [5.41, 5.74) is 0.643. The molecular weight excluding hydrogens is 254 g/mol. The number of carbonyl (C=O) groups is 2. The lowest BCUT2D eigenvalue weighted by atomic mass is 10.2. The van der Waals surface area contributed by atoms with Crippen molar-refractivity contribution in [3.05, 3.63) is 35.9 Å². The number of amides is 2. The molecule has 1 aromatic rings. The highest BCUT2D eigenvalue weighted by molar-refractivity contribution is 5.94. The Balaban J connectivity index is 2.07. The molecule has 0 aromatic heterocycles. The Bertz CT molecular complexity index is 407. The average molecular weight is 277 g/mol. The molecule has 0 unspecified atom stereocenters. The molecule has 0 aliphatic heterocycles. The average Bonchev–Trinajstić information content (AvgIpc) is 2.49. The topological polar surface area (TPSA) is 70.2 Å². The zero-order chi connectivity index (χ0) is 14.6. The van der Waals surface area contributed by atoms with Crippen LogP contribution in [0.2, 0.25) is 0 Å². The number of rotatable bonds is 9. The molecule has 0 spiro atoms. The molecule has 0 radical (unpaired) electrons. The first-order valence-electron chi connectivity index (χ1n) is 6.98. The molecule has 2 amide bonds. The minimum absolute atomic E-state index is 0.0371. The Morgan fingerprint density at radius 3 is 2.35 bits per heavy atom. The summed E-state index contributed by atoms with van der Waals surface area (Å²) in [6.45, 7) is 2.10. The van der Waals surface area contributed by atoms with Crippen molar-refractivity contribution >= 4 is 11.8 Å². The maximum absolute atomic E-state index is 11.7. The highest BCUT2D eigenvalue weighted by Crippen LogP contribution is 1.98. The molecule has 110 valence electrons. The highest BCUT2D eigenvalue weighted by Gasteiger charge is 2.04. The second-order valence-electron chi connectivity index (χ2n) is 4.53. The molecule has 0 atom stereocenters. The van der Waals surface area contributed by atoms with Gasteiger partial charge in [-0.2, -0.15) is 0 Å². The van der Waals surface area contributed by atoms with Crippen LogP contribution in [0.25, 0.3) is 0 Å². The Kier molecular flexibility index (Phi) is 8.07. The second kappa shape index (κ2) is 9.97. The fraction of sp³-hybridized carbons (Fsp3) is 0.467. The first-order chi connectivity index (χ1) is 9.74. The summed E-state index contributed by atoms with van der Waals surface area (Å²) in [4.78, 5) is 23.2. The number of hydrogen-bond donors (Lipinski definition) is 3. The van der Waals surface area contributed by atoms with Crippen LogP contribution in [0.1, 0.15) is 29.6 Å². The Hall–Kier alpha value is -1.88. The van der Waals surface area contributed by atoms with Crippen LogP contribution in [0.15, 0.2) is 30.3 Å². The van der Waals surface area contributed by atoms with Crippen LogP contribution >= 0.6 is 0 Å². The van der Waals surface area contributed by atoms with E-state index in [1.54, 1.807) is 12.1 Å². The van der Waals surface area contributed by atoms with Gasteiger partial charge < -0.3 is 16.0 Å². The molecular formula is C15H23N3O2. The third-order valence-corrected chi connectivity index (χ3v) is 2.83. The van der Waals surface area contributed by atoms with Gasteiger partial charge in [-0.15, -0.1) is 0 Å². The van der Waals surface area contributed by atoms with Crippen molar-refractivity contribution < 1.29 is 9.59 Å². The van der Waals surface area contributed by atoms with E-state index in [0.717, 1.165) is 13.0 Å². The summed E-state index contributed by atoms with van der Waals surface area (Å²) >= 11 is 0. The SMILES string of the molecule is CNCCCNC(=O)CCCNC(=O)c1ccccc1. The molecule has 0 aliphatic carbocycles. The van der Waals surface area contributed by atoms with Gasteiger partial charge in [0.05, 0.1) is 0 Å². The lowest BCUT2D eigenvalue weighted by molar-refractivity contribution is -0.121. The minimum atomic E-state index is -0.0972. The van der Waals surface area contributed by atoms with E-state index in [1.807, 2.05) is 25.2 Å². The normalized spacial score (nSPS) is 10.1. The van der Waals surface area contributed by atoms with Crippen LogP contribution in [-0.4, -0.2) is 38.5 Å². The first kappa shape index (κ1) is 16.2. The van der Waals surface area contributed by atoms with Crippen LogP contribution in [0, 0.1) is 0 Å². The van der Waals surface area contributed by atoms with Gasteiger partial charge in [0.1, 0.15) is 0 Å². The lowest BCUT2D eigenvalue weighted by Crippen LogP contribution is -2.28. The van der Waals surface area contributed by atoms with Gasteiger partial charge in [-0.05, 0) is 38.6 Å². The minimum Gasteiger partial charge on any atom is -0.356 e. The smallest absolute Gasteiger partial charge is 0.251 e. The summed E-state index contributed by atoms with van der Waals surface area (Å²) in [7, 11) is 1.89. The summed E-state index contributed by atoms with van der Waals surface area (Å²) < 4.78 is 0. The van der Waals surface area contributed by atoms with Crippen molar-refractivity contribution in [2.24, 2.45) is 0 Å². The predicted molar refractivity (Wildman–Crippen MR) is 79.6 cm³/mol. The zero-order valence-electron chi connectivity index (χ0n) is 11.9. The standard InChI is InChI=1S/C15H23N3O2/c1-16-10-6-12-17-14(19)9-5-11-18-15(20)13-7-3-2-4-8-13/h2-4,7-8,16H,5-6,9-12H2,1H3,(H,17,19)(H,18,20). The molecule has 20 heavy (non-hydrogen) atoms. The van der Waals surface area contributed by atoms with Gasteiger partial charge in [0, 0.05) is 25.1 Å². The Morgan fingerprint density at radius 1 is 0.950 bits per heavy atom. The van der Waals surface area contributed by atoms with Gasteiger partial charge in [-0.25, -0.2) is 0 Å². The maximum atomic E-state index is 11.7. The molecule has 0 bridgehead atoms. The van der Waals surface area contributed by atoms with Gasteiger partial charge >= 0.3 is 0 Å². The third-order valence-electron chi connectivity index (χ3n) is 2.83. The highest BCUT2D eigenvalue weighted by atomic mass is 16.2. The molecule has 0 heterocycles. The van der Waals surface area contributed by atoms with Crippen LogP contribution < -0.4 is 16.0 Å². The Morgan fingerprint density at radius 2 is 1.65 bits per heavy atom. The summed E-state index contributed by atoms with van der Waals surface area (Å²) in [5.74, 6) is -0.0601. The van der Waals surface area contributed by atoms with Gasteiger partial charge in [-0.3, -0.25) is 9.59 Å². The van der Waals surface area contributed by atoms with E-state index in [2.05, 4.69) is 16.0 Å². The van der Waals surface area contributed by atoms with Gasteiger partial charge in [-0.1, -0.05) is 18.2 Å². The van der Waals surface area contributed by atoms with Crippen LogP contribution in [0.4, 0.5) is 0 Å². The van der Waals surface area contributed by atoms with E-state index >= 15 is 0 Å². The zero-order valence-corrected chi connectivity index (χ0v) is 11.9. The van der Waals surface area contributed by atoms with Crippen LogP contribution in [0.5, 0.6) is 0 Å². The molecule has 5 heteroatoms. The monoisotopic (exact) mass is 277 g/mol. The van der Waals surface area contributed by atoms with E-state index in [1.165, 1.54) is 0 Å². The van der Waals surface area contributed by atoms with E-state index < -0.39 is 0 Å². The molecule has 1 aromatic carbocycles. The Labute approximate surface area is 120 Å². The number of benzene rings is 1. The molecule has 0 saturated carbocycles. The molecule has 3 N–H and O–H groups in total. The fourth-order valence-corrected chi connectivity index (χ4v) is 1.72. The molecule has 0 fully saturated rings. The summed E-state index contributed by atoms with van der Waals surface area (Å²) in [6.07, 6.45) is 2.01. The van der Waals surface area contributed by atoms with Gasteiger partial charge in [0.2, 0.25) is 5.91 Å². The molecule has 1 rings (SSSR count). The first-order valence-corrected chi connectivity index (χ1v) is 6.98. The molecule has 0 aliphatic rings. The van der Waals surface area contributed by atoms with Crippen molar-refractivity contribution in [2.45, 2.75) is 19.3 Å². The van der Waals surface area contributed by atoms with Crippen molar-refractivity contribution in [1.82, 2.24) is 16.0 Å².